The first-order valence-corrected chi connectivity index (χ1v) is 3.76. The van der Waals surface area contributed by atoms with E-state index in [1.165, 1.54) is 0 Å². The molecule has 0 amide bonds. The van der Waals surface area contributed by atoms with E-state index in [2.05, 4.69) is 13.8 Å². The van der Waals surface area contributed by atoms with Gasteiger partial charge in [0.25, 0.3) is 0 Å². The lowest BCUT2D eigenvalue weighted by Gasteiger charge is -1.97. The van der Waals surface area contributed by atoms with Crippen molar-refractivity contribution in [3.63, 3.8) is 0 Å². The molecule has 58 valence electrons. The Morgan fingerprint density at radius 3 is 2.00 bits per heavy atom. The van der Waals surface area contributed by atoms with Gasteiger partial charge >= 0.3 is 0 Å². The lowest BCUT2D eigenvalue weighted by atomic mass is 10.1. The summed E-state index contributed by atoms with van der Waals surface area (Å²) in [5.41, 5.74) is 0. The molecule has 0 rings (SSSR count). The van der Waals surface area contributed by atoms with Gasteiger partial charge in [0.15, 0.2) is 5.78 Å². The quantitative estimate of drug-likeness (QED) is 0.550. The van der Waals surface area contributed by atoms with Crippen LogP contribution in [0.1, 0.15) is 27.7 Å². The molecule has 1 nitrogen and oxygen atoms in total. The maximum Gasteiger partial charge on any atom is 0.157 e. The third-order valence-corrected chi connectivity index (χ3v) is 1.21. The maximum atomic E-state index is 11.0. The summed E-state index contributed by atoms with van der Waals surface area (Å²) >= 11 is 0. The van der Waals surface area contributed by atoms with E-state index in [0.717, 1.165) is 0 Å². The Bertz CT molecular complexity index is 132. The second kappa shape index (κ2) is 4.26. The van der Waals surface area contributed by atoms with Crippen LogP contribution in [0.15, 0.2) is 12.2 Å². The Morgan fingerprint density at radius 2 is 1.70 bits per heavy atom. The minimum Gasteiger partial charge on any atom is -0.295 e. The number of carbonyl (C=O) groups is 1. The summed E-state index contributed by atoms with van der Waals surface area (Å²) in [5, 5.41) is 0. The number of hydrogen-bond donors (Lipinski definition) is 0. The second-order valence-corrected chi connectivity index (χ2v) is 3.16. The highest BCUT2D eigenvalue weighted by Crippen LogP contribution is 1.99. The normalized spacial score (nSPS) is 11.8. The van der Waals surface area contributed by atoms with Crippen molar-refractivity contribution in [2.75, 3.05) is 0 Å². The first-order valence-electron chi connectivity index (χ1n) is 3.76. The molecule has 1 heteroatoms. The van der Waals surface area contributed by atoms with Gasteiger partial charge in [0.05, 0.1) is 0 Å². The Kier molecular flexibility index (Phi) is 4.01. The van der Waals surface area contributed by atoms with E-state index >= 15 is 0 Å². The topological polar surface area (TPSA) is 17.1 Å². The second-order valence-electron chi connectivity index (χ2n) is 3.16. The van der Waals surface area contributed by atoms with Gasteiger partial charge in [-0.15, -0.1) is 0 Å². The molecule has 0 heterocycles. The van der Waals surface area contributed by atoms with Gasteiger partial charge in [-0.05, 0) is 12.0 Å². The molecule has 0 bridgehead atoms. The molecule has 0 aromatic rings. The van der Waals surface area contributed by atoms with E-state index in [9.17, 15) is 4.79 Å². The van der Waals surface area contributed by atoms with Crippen molar-refractivity contribution in [3.05, 3.63) is 12.2 Å². The Balaban J connectivity index is 3.79. The SMILES string of the molecule is CC(C)/C=C/C(=O)C(C)C. The van der Waals surface area contributed by atoms with Crippen LogP contribution in [-0.4, -0.2) is 5.78 Å². The Hall–Kier alpha value is -0.590. The van der Waals surface area contributed by atoms with Gasteiger partial charge in [-0.1, -0.05) is 33.8 Å². The highest BCUT2D eigenvalue weighted by atomic mass is 16.1. The predicted molar refractivity (Wildman–Crippen MR) is 43.8 cm³/mol. The fraction of sp³-hybridized carbons (Fsp3) is 0.667. The number of rotatable bonds is 3. The van der Waals surface area contributed by atoms with E-state index in [1.807, 2.05) is 19.9 Å². The molecule has 0 fully saturated rings. The molecule has 0 N–H and O–H groups in total. The standard InChI is InChI=1S/C9H16O/c1-7(2)5-6-9(10)8(3)4/h5-8H,1-4H3/b6-5+. The van der Waals surface area contributed by atoms with Gasteiger partial charge in [-0.2, -0.15) is 0 Å². The Labute approximate surface area is 63.1 Å². The number of carbonyl (C=O) groups excluding carboxylic acids is 1. The summed E-state index contributed by atoms with van der Waals surface area (Å²) in [6.07, 6.45) is 3.61. The zero-order valence-electron chi connectivity index (χ0n) is 7.22. The maximum absolute atomic E-state index is 11.0. The average Bonchev–Trinajstić information content (AvgIpc) is 1.82. The van der Waals surface area contributed by atoms with Crippen LogP contribution >= 0.6 is 0 Å². The summed E-state index contributed by atoms with van der Waals surface area (Å²) in [4.78, 5) is 11.0. The highest BCUT2D eigenvalue weighted by molar-refractivity contribution is 5.91. The molecule has 0 aromatic carbocycles. The molecule has 0 aliphatic carbocycles. The third kappa shape index (κ3) is 4.30. The monoisotopic (exact) mass is 140 g/mol. The molecule has 0 unspecified atom stereocenters. The fourth-order valence-corrected chi connectivity index (χ4v) is 0.480. The summed E-state index contributed by atoms with van der Waals surface area (Å²) in [6.45, 7) is 7.94. The van der Waals surface area contributed by atoms with E-state index in [0.29, 0.717) is 5.92 Å². The minimum absolute atomic E-state index is 0.134. The van der Waals surface area contributed by atoms with Crippen LogP contribution in [0.4, 0.5) is 0 Å². The number of allylic oxidation sites excluding steroid dienone is 2. The van der Waals surface area contributed by atoms with Crippen LogP contribution in [0.2, 0.25) is 0 Å². The van der Waals surface area contributed by atoms with Gasteiger partial charge < -0.3 is 0 Å². The van der Waals surface area contributed by atoms with Crippen molar-refractivity contribution < 1.29 is 4.79 Å². The third-order valence-electron chi connectivity index (χ3n) is 1.21. The van der Waals surface area contributed by atoms with Crippen molar-refractivity contribution >= 4 is 5.78 Å². The lowest BCUT2D eigenvalue weighted by molar-refractivity contribution is -0.117. The van der Waals surface area contributed by atoms with Gasteiger partial charge in [0.2, 0.25) is 0 Å². The smallest absolute Gasteiger partial charge is 0.157 e. The summed E-state index contributed by atoms with van der Waals surface area (Å²) in [5.74, 6) is 0.825. The highest BCUT2D eigenvalue weighted by Gasteiger charge is 2.00. The van der Waals surface area contributed by atoms with Crippen LogP contribution in [-0.2, 0) is 4.79 Å². The van der Waals surface area contributed by atoms with Crippen molar-refractivity contribution in [1.29, 1.82) is 0 Å². The molecule has 0 spiro atoms. The predicted octanol–water partition coefficient (Wildman–Crippen LogP) is 2.42. The summed E-state index contributed by atoms with van der Waals surface area (Å²) in [7, 11) is 0. The van der Waals surface area contributed by atoms with Crippen LogP contribution in [0, 0.1) is 11.8 Å². The molecule has 0 radical (unpaired) electrons. The average molecular weight is 140 g/mol. The van der Waals surface area contributed by atoms with E-state index in [4.69, 9.17) is 0 Å². The van der Waals surface area contributed by atoms with Gasteiger partial charge in [-0.3, -0.25) is 4.79 Å². The van der Waals surface area contributed by atoms with E-state index in [1.54, 1.807) is 6.08 Å². The van der Waals surface area contributed by atoms with Crippen LogP contribution in [0.3, 0.4) is 0 Å². The molecule has 0 aliphatic heterocycles. The van der Waals surface area contributed by atoms with Crippen molar-refractivity contribution in [2.24, 2.45) is 11.8 Å². The van der Waals surface area contributed by atoms with Crippen LogP contribution < -0.4 is 0 Å². The molecule has 0 atom stereocenters. The van der Waals surface area contributed by atoms with Crippen molar-refractivity contribution in [3.8, 4) is 0 Å². The molecule has 10 heavy (non-hydrogen) atoms. The zero-order valence-corrected chi connectivity index (χ0v) is 7.22. The molecule has 0 saturated carbocycles. The Morgan fingerprint density at radius 1 is 1.20 bits per heavy atom. The molecule has 0 aromatic heterocycles. The van der Waals surface area contributed by atoms with Crippen LogP contribution in [0.5, 0.6) is 0 Å². The van der Waals surface area contributed by atoms with E-state index in [-0.39, 0.29) is 11.7 Å². The van der Waals surface area contributed by atoms with Gasteiger partial charge in [0, 0.05) is 5.92 Å². The van der Waals surface area contributed by atoms with Crippen molar-refractivity contribution in [2.45, 2.75) is 27.7 Å². The van der Waals surface area contributed by atoms with Crippen molar-refractivity contribution in [1.82, 2.24) is 0 Å². The largest absolute Gasteiger partial charge is 0.295 e. The number of hydrogen-bond acceptors (Lipinski definition) is 1. The molecule has 0 aliphatic rings. The lowest BCUT2D eigenvalue weighted by Crippen LogP contribution is -2.02. The van der Waals surface area contributed by atoms with E-state index < -0.39 is 0 Å². The van der Waals surface area contributed by atoms with Gasteiger partial charge in [-0.25, -0.2) is 0 Å². The minimum atomic E-state index is 0.134. The summed E-state index contributed by atoms with van der Waals surface area (Å²) < 4.78 is 0. The zero-order chi connectivity index (χ0) is 8.15. The molecule has 0 saturated heterocycles. The first-order chi connectivity index (χ1) is 4.54. The van der Waals surface area contributed by atoms with Crippen LogP contribution in [0.25, 0.3) is 0 Å². The molecular weight excluding hydrogens is 124 g/mol. The summed E-state index contributed by atoms with van der Waals surface area (Å²) in [6, 6.07) is 0. The first kappa shape index (κ1) is 9.41. The van der Waals surface area contributed by atoms with Gasteiger partial charge in [0.1, 0.15) is 0 Å². The fourth-order valence-electron chi connectivity index (χ4n) is 0.480. The number of ketones is 1. The molecular formula is C9H16O.